The Labute approximate surface area is 120 Å². The summed E-state index contributed by atoms with van der Waals surface area (Å²) >= 11 is 5.57. The predicted molar refractivity (Wildman–Crippen MR) is 71.3 cm³/mol. The molecule has 0 unspecified atom stereocenters. The average Bonchev–Trinajstić information content (AvgIpc) is 2.26. The third kappa shape index (κ3) is 4.50. The second-order valence-electron chi connectivity index (χ2n) is 4.78. The first kappa shape index (κ1) is 15.9. The van der Waals surface area contributed by atoms with E-state index < -0.39 is 22.3 Å². The first-order chi connectivity index (χ1) is 9.10. The van der Waals surface area contributed by atoms with Gasteiger partial charge in [0.15, 0.2) is 0 Å². The molecular weight excluding hydrogens is 290 g/mol. The molecule has 0 fully saturated rings. The zero-order valence-electron chi connectivity index (χ0n) is 11.4. The van der Waals surface area contributed by atoms with E-state index in [2.05, 4.69) is 15.4 Å². The Morgan fingerprint density at radius 1 is 1.55 bits per heavy atom. The number of anilines is 1. The molecule has 1 N–H and O–H groups in total. The van der Waals surface area contributed by atoms with Crippen LogP contribution in [-0.2, 0) is 4.74 Å². The van der Waals surface area contributed by atoms with Gasteiger partial charge in [0.2, 0.25) is 11.1 Å². The highest BCUT2D eigenvalue weighted by molar-refractivity contribution is 6.28. The van der Waals surface area contributed by atoms with Gasteiger partial charge in [-0.1, -0.05) is 0 Å². The molecule has 20 heavy (non-hydrogen) atoms. The summed E-state index contributed by atoms with van der Waals surface area (Å²) in [5.74, 6) is -0.205. The number of hydrogen-bond donors (Lipinski definition) is 1. The number of hydrogen-bond acceptors (Lipinski definition) is 7. The van der Waals surface area contributed by atoms with Crippen LogP contribution in [0.1, 0.15) is 20.8 Å². The molecule has 0 atom stereocenters. The maximum absolute atomic E-state index is 11.7. The summed E-state index contributed by atoms with van der Waals surface area (Å²) < 4.78 is 5.08. The minimum absolute atomic E-state index is 0.185. The Balaban J connectivity index is 2.90. The molecule has 0 aliphatic heterocycles. The molecule has 0 aliphatic rings. The van der Waals surface area contributed by atoms with Crippen LogP contribution >= 0.6 is 11.6 Å². The molecule has 0 aromatic carbocycles. The molecular formula is C10H14ClN5O4. The molecule has 1 aromatic rings. The van der Waals surface area contributed by atoms with E-state index >= 15 is 0 Å². The van der Waals surface area contributed by atoms with E-state index in [9.17, 15) is 14.9 Å². The van der Waals surface area contributed by atoms with E-state index in [1.807, 2.05) is 0 Å². The van der Waals surface area contributed by atoms with Gasteiger partial charge in [0.05, 0.1) is 4.92 Å². The van der Waals surface area contributed by atoms with Gasteiger partial charge in [-0.25, -0.2) is 14.8 Å². The number of nitro groups is 1. The number of ether oxygens (including phenoxy) is 1. The molecule has 0 saturated heterocycles. The van der Waals surface area contributed by atoms with Crippen molar-refractivity contribution in [1.29, 1.82) is 0 Å². The molecule has 1 amide bonds. The minimum atomic E-state index is -0.721. The van der Waals surface area contributed by atoms with Crippen LogP contribution in [0.5, 0.6) is 0 Å². The third-order valence-electron chi connectivity index (χ3n) is 1.88. The lowest BCUT2D eigenvalue weighted by atomic mass is 10.2. The van der Waals surface area contributed by atoms with Crippen LogP contribution in [0, 0.1) is 10.1 Å². The summed E-state index contributed by atoms with van der Waals surface area (Å²) in [6.07, 6.45) is 0.224. The van der Waals surface area contributed by atoms with Gasteiger partial charge in [-0.3, -0.25) is 15.5 Å². The van der Waals surface area contributed by atoms with Crippen LogP contribution in [0.4, 0.5) is 16.3 Å². The van der Waals surface area contributed by atoms with Crippen LogP contribution < -0.4 is 5.43 Å². The summed E-state index contributed by atoms with van der Waals surface area (Å²) in [6.45, 7) is 5.09. The summed E-state index contributed by atoms with van der Waals surface area (Å²) in [4.78, 5) is 29.0. The molecule has 1 aromatic heterocycles. The normalized spacial score (nSPS) is 10.8. The number of halogens is 1. The zero-order chi connectivity index (χ0) is 15.5. The number of nitrogens with one attached hydrogen (secondary N) is 1. The largest absolute Gasteiger partial charge is 0.442 e. The Morgan fingerprint density at radius 2 is 2.15 bits per heavy atom. The second-order valence-corrected chi connectivity index (χ2v) is 5.12. The standard InChI is InChI=1S/C10H14ClN5O4/c1-10(2,3)20-9(17)15(4)14-7-6(16(18)19)5-12-8(11)13-7/h5H,1-4H3,(H,12,13,14). The van der Waals surface area contributed by atoms with Crippen molar-refractivity contribution in [2.24, 2.45) is 0 Å². The summed E-state index contributed by atoms with van der Waals surface area (Å²) in [6, 6.07) is 0. The number of carbonyl (C=O) groups excluding carboxylic acids is 1. The average molecular weight is 304 g/mol. The van der Waals surface area contributed by atoms with E-state index in [0.29, 0.717) is 0 Å². The summed E-state index contributed by atoms with van der Waals surface area (Å²) in [5, 5.41) is 11.6. The lowest BCUT2D eigenvalue weighted by Gasteiger charge is -2.24. The number of amides is 1. The Hall–Kier alpha value is -2.16. The molecule has 10 heteroatoms. The van der Waals surface area contributed by atoms with E-state index in [1.54, 1.807) is 20.8 Å². The molecule has 1 rings (SSSR count). The molecule has 0 bridgehead atoms. The van der Waals surface area contributed by atoms with Gasteiger partial charge in [0.1, 0.15) is 11.8 Å². The van der Waals surface area contributed by atoms with Crippen LogP contribution in [0.3, 0.4) is 0 Å². The van der Waals surface area contributed by atoms with E-state index in [0.717, 1.165) is 11.2 Å². The smallest absolute Gasteiger partial charge is 0.428 e. The summed E-state index contributed by atoms with van der Waals surface area (Å²) in [7, 11) is 1.34. The minimum Gasteiger partial charge on any atom is -0.442 e. The van der Waals surface area contributed by atoms with Crippen molar-refractivity contribution in [3.05, 3.63) is 21.6 Å². The number of rotatable bonds is 3. The van der Waals surface area contributed by atoms with Crippen LogP contribution in [-0.4, -0.2) is 38.6 Å². The summed E-state index contributed by atoms with van der Waals surface area (Å²) in [5.41, 5.74) is 1.33. The molecule has 1 heterocycles. The predicted octanol–water partition coefficient (Wildman–Crippen LogP) is 2.23. The van der Waals surface area contributed by atoms with Crippen molar-refractivity contribution in [1.82, 2.24) is 15.0 Å². The number of aromatic nitrogens is 2. The van der Waals surface area contributed by atoms with Crippen molar-refractivity contribution in [2.45, 2.75) is 26.4 Å². The molecule has 110 valence electrons. The molecule has 0 radical (unpaired) electrons. The highest BCUT2D eigenvalue weighted by Crippen LogP contribution is 2.22. The molecule has 0 aliphatic carbocycles. The Morgan fingerprint density at radius 3 is 2.65 bits per heavy atom. The first-order valence-electron chi connectivity index (χ1n) is 5.50. The number of nitrogens with zero attached hydrogens (tertiary/aromatic N) is 4. The fourth-order valence-corrected chi connectivity index (χ4v) is 1.24. The van der Waals surface area contributed by atoms with E-state index in [4.69, 9.17) is 16.3 Å². The molecule has 9 nitrogen and oxygen atoms in total. The number of carbonyl (C=O) groups is 1. The van der Waals surface area contributed by atoms with Gasteiger partial charge < -0.3 is 4.74 Å². The van der Waals surface area contributed by atoms with Gasteiger partial charge in [0, 0.05) is 7.05 Å². The molecule has 0 spiro atoms. The van der Waals surface area contributed by atoms with Crippen molar-refractivity contribution in [3.63, 3.8) is 0 Å². The fourth-order valence-electron chi connectivity index (χ4n) is 1.10. The van der Waals surface area contributed by atoms with Gasteiger partial charge in [-0.05, 0) is 32.4 Å². The van der Waals surface area contributed by atoms with Gasteiger partial charge in [-0.15, -0.1) is 0 Å². The topological polar surface area (TPSA) is 110 Å². The zero-order valence-corrected chi connectivity index (χ0v) is 12.1. The van der Waals surface area contributed by atoms with Crippen molar-refractivity contribution < 1.29 is 14.5 Å². The van der Waals surface area contributed by atoms with E-state index in [-0.39, 0.29) is 11.1 Å². The maximum Gasteiger partial charge on any atom is 0.428 e. The Bertz CT molecular complexity index is 531. The van der Waals surface area contributed by atoms with E-state index in [1.165, 1.54) is 7.05 Å². The van der Waals surface area contributed by atoms with Crippen molar-refractivity contribution in [2.75, 3.05) is 12.5 Å². The first-order valence-corrected chi connectivity index (χ1v) is 5.88. The quantitative estimate of drug-likeness (QED) is 0.517. The van der Waals surface area contributed by atoms with Gasteiger partial charge >= 0.3 is 11.8 Å². The fraction of sp³-hybridized carbons (Fsp3) is 0.500. The van der Waals surface area contributed by atoms with Gasteiger partial charge in [0.25, 0.3) is 0 Å². The number of hydrazine groups is 1. The van der Waals surface area contributed by atoms with Crippen molar-refractivity contribution in [3.8, 4) is 0 Å². The SMILES string of the molecule is CN(Nc1nc(Cl)ncc1[N+](=O)[O-])C(=O)OC(C)(C)C. The second kappa shape index (κ2) is 5.87. The van der Waals surface area contributed by atoms with Crippen LogP contribution in [0.2, 0.25) is 5.28 Å². The lowest BCUT2D eigenvalue weighted by Crippen LogP contribution is -2.38. The highest BCUT2D eigenvalue weighted by atomic mass is 35.5. The third-order valence-corrected chi connectivity index (χ3v) is 2.06. The molecule has 0 saturated carbocycles. The Kier molecular flexibility index (Phi) is 4.66. The van der Waals surface area contributed by atoms with Crippen LogP contribution in [0.25, 0.3) is 0 Å². The lowest BCUT2D eigenvalue weighted by molar-refractivity contribution is -0.384. The highest BCUT2D eigenvalue weighted by Gasteiger charge is 2.23. The van der Waals surface area contributed by atoms with Crippen LogP contribution in [0.15, 0.2) is 6.20 Å². The monoisotopic (exact) mass is 303 g/mol. The maximum atomic E-state index is 11.7. The van der Waals surface area contributed by atoms with Gasteiger partial charge in [-0.2, -0.15) is 4.98 Å². The van der Waals surface area contributed by atoms with Crippen molar-refractivity contribution >= 4 is 29.2 Å².